The van der Waals surface area contributed by atoms with Gasteiger partial charge in [-0.1, -0.05) is 0 Å². The highest BCUT2D eigenvalue weighted by molar-refractivity contribution is 7.89. The number of rotatable bonds is 7. The van der Waals surface area contributed by atoms with Gasteiger partial charge in [-0.2, -0.15) is 0 Å². The van der Waals surface area contributed by atoms with Crippen LogP contribution in [0.5, 0.6) is 5.75 Å². The molecule has 2 aromatic carbocycles. The van der Waals surface area contributed by atoms with Gasteiger partial charge in [0.1, 0.15) is 5.75 Å². The summed E-state index contributed by atoms with van der Waals surface area (Å²) >= 11 is 0. The molecule has 0 fully saturated rings. The maximum Gasteiger partial charge on any atom is 0.338 e. The number of esters is 1. The summed E-state index contributed by atoms with van der Waals surface area (Å²) in [6.07, 6.45) is -1.04. The second-order valence-corrected chi connectivity index (χ2v) is 7.86. The predicted octanol–water partition coefficient (Wildman–Crippen LogP) is 2.31. The Bertz CT molecular complexity index is 937. The first-order chi connectivity index (χ1) is 13.1. The van der Waals surface area contributed by atoms with Gasteiger partial charge in [-0.15, -0.1) is 0 Å². The summed E-state index contributed by atoms with van der Waals surface area (Å²) in [7, 11) is -3.81. The van der Waals surface area contributed by atoms with Crippen LogP contribution in [0.1, 0.15) is 31.1 Å². The SMILES string of the molecule is CC(C)Oc1ccc(C(=O)O[C@@H](C)C(=O)Nc2ccc(S(N)(=O)=O)cc2)cc1. The van der Waals surface area contributed by atoms with Gasteiger partial charge in [0.2, 0.25) is 10.0 Å². The van der Waals surface area contributed by atoms with Crippen LogP contribution >= 0.6 is 0 Å². The van der Waals surface area contributed by atoms with Gasteiger partial charge >= 0.3 is 5.97 Å². The van der Waals surface area contributed by atoms with E-state index in [4.69, 9.17) is 14.6 Å². The molecule has 0 aliphatic carbocycles. The lowest BCUT2D eigenvalue weighted by Gasteiger charge is -2.14. The van der Waals surface area contributed by atoms with Crippen molar-refractivity contribution in [2.24, 2.45) is 5.14 Å². The molecule has 8 nitrogen and oxygen atoms in total. The molecule has 0 unspecified atom stereocenters. The van der Waals surface area contributed by atoms with Crippen LogP contribution in [0.2, 0.25) is 0 Å². The van der Waals surface area contributed by atoms with E-state index >= 15 is 0 Å². The van der Waals surface area contributed by atoms with Gasteiger partial charge in [0.25, 0.3) is 5.91 Å². The number of carbonyl (C=O) groups excluding carboxylic acids is 2. The highest BCUT2D eigenvalue weighted by atomic mass is 32.2. The molecule has 0 bridgehead atoms. The van der Waals surface area contributed by atoms with Crippen molar-refractivity contribution in [1.29, 1.82) is 0 Å². The molecule has 0 saturated carbocycles. The fraction of sp³-hybridized carbons (Fsp3) is 0.263. The monoisotopic (exact) mass is 406 g/mol. The Balaban J connectivity index is 1.95. The fourth-order valence-electron chi connectivity index (χ4n) is 2.20. The number of benzene rings is 2. The highest BCUT2D eigenvalue weighted by Crippen LogP contribution is 2.16. The molecule has 1 atom stereocenters. The Morgan fingerprint density at radius 2 is 1.54 bits per heavy atom. The molecule has 0 radical (unpaired) electrons. The van der Waals surface area contributed by atoms with Crippen molar-refractivity contribution in [3.8, 4) is 5.75 Å². The molecule has 0 heterocycles. The molecule has 0 saturated heterocycles. The van der Waals surface area contributed by atoms with Gasteiger partial charge in [0.05, 0.1) is 16.6 Å². The lowest BCUT2D eigenvalue weighted by molar-refractivity contribution is -0.123. The van der Waals surface area contributed by atoms with Gasteiger partial charge in [-0.3, -0.25) is 4.79 Å². The predicted molar refractivity (Wildman–Crippen MR) is 104 cm³/mol. The van der Waals surface area contributed by atoms with E-state index < -0.39 is 28.0 Å². The van der Waals surface area contributed by atoms with Crippen LogP contribution in [0.3, 0.4) is 0 Å². The van der Waals surface area contributed by atoms with Crippen LogP contribution in [0.4, 0.5) is 5.69 Å². The summed E-state index contributed by atoms with van der Waals surface area (Å²) in [5.41, 5.74) is 0.628. The number of primary sulfonamides is 1. The normalized spacial score (nSPS) is 12.3. The minimum atomic E-state index is -3.81. The van der Waals surface area contributed by atoms with Crippen LogP contribution in [0.15, 0.2) is 53.4 Å². The molecule has 0 aromatic heterocycles. The summed E-state index contributed by atoms with van der Waals surface area (Å²) in [6, 6.07) is 11.7. The second kappa shape index (κ2) is 8.85. The maximum absolute atomic E-state index is 12.2. The number of amides is 1. The number of ether oxygens (including phenoxy) is 2. The zero-order valence-corrected chi connectivity index (χ0v) is 16.5. The molecule has 1 amide bonds. The first-order valence-electron chi connectivity index (χ1n) is 8.47. The zero-order chi connectivity index (χ0) is 20.9. The van der Waals surface area contributed by atoms with Gasteiger partial charge in [0, 0.05) is 5.69 Å². The summed E-state index contributed by atoms with van der Waals surface area (Å²) < 4.78 is 33.1. The van der Waals surface area contributed by atoms with Gasteiger partial charge in [-0.25, -0.2) is 18.4 Å². The van der Waals surface area contributed by atoms with Crippen LogP contribution in [-0.2, 0) is 19.6 Å². The van der Waals surface area contributed by atoms with E-state index in [9.17, 15) is 18.0 Å². The van der Waals surface area contributed by atoms with E-state index in [0.717, 1.165) is 0 Å². The van der Waals surface area contributed by atoms with Crippen molar-refractivity contribution in [1.82, 2.24) is 0 Å². The lowest BCUT2D eigenvalue weighted by Crippen LogP contribution is -2.30. The van der Waals surface area contributed by atoms with Crippen molar-refractivity contribution in [3.63, 3.8) is 0 Å². The Kier molecular flexibility index (Phi) is 6.76. The summed E-state index contributed by atoms with van der Waals surface area (Å²) in [5.74, 6) is -0.583. The minimum absolute atomic E-state index is 0.0144. The molecular formula is C19H22N2O6S. The van der Waals surface area contributed by atoms with Crippen molar-refractivity contribution in [2.75, 3.05) is 5.32 Å². The largest absolute Gasteiger partial charge is 0.491 e. The molecule has 0 spiro atoms. The van der Waals surface area contributed by atoms with Gasteiger partial charge < -0.3 is 14.8 Å². The van der Waals surface area contributed by atoms with Crippen molar-refractivity contribution < 1.29 is 27.5 Å². The van der Waals surface area contributed by atoms with Crippen LogP contribution in [0.25, 0.3) is 0 Å². The molecule has 2 aromatic rings. The number of hydrogen-bond acceptors (Lipinski definition) is 6. The third-order valence-electron chi connectivity index (χ3n) is 3.57. The third-order valence-corrected chi connectivity index (χ3v) is 4.49. The first-order valence-corrected chi connectivity index (χ1v) is 10.0. The van der Waals surface area contributed by atoms with E-state index in [-0.39, 0.29) is 16.6 Å². The smallest absolute Gasteiger partial charge is 0.338 e. The topological polar surface area (TPSA) is 125 Å². The maximum atomic E-state index is 12.2. The van der Waals surface area contributed by atoms with Gasteiger partial charge in [0.15, 0.2) is 6.10 Å². The second-order valence-electron chi connectivity index (χ2n) is 6.30. The van der Waals surface area contributed by atoms with Crippen molar-refractivity contribution >= 4 is 27.6 Å². The Morgan fingerprint density at radius 3 is 2.04 bits per heavy atom. The van der Waals surface area contributed by atoms with E-state index in [2.05, 4.69) is 5.32 Å². The minimum Gasteiger partial charge on any atom is -0.491 e. The van der Waals surface area contributed by atoms with Crippen molar-refractivity contribution in [3.05, 3.63) is 54.1 Å². The molecule has 2 rings (SSSR count). The fourth-order valence-corrected chi connectivity index (χ4v) is 2.71. The van der Waals surface area contributed by atoms with E-state index in [1.54, 1.807) is 24.3 Å². The molecule has 0 aliphatic heterocycles. The molecule has 9 heteroatoms. The van der Waals surface area contributed by atoms with Crippen LogP contribution in [-0.4, -0.2) is 32.5 Å². The van der Waals surface area contributed by atoms with Gasteiger partial charge in [-0.05, 0) is 69.3 Å². The number of hydrogen-bond donors (Lipinski definition) is 2. The number of nitrogens with one attached hydrogen (secondary N) is 1. The molecule has 28 heavy (non-hydrogen) atoms. The van der Waals surface area contributed by atoms with Crippen LogP contribution in [0, 0.1) is 0 Å². The summed E-state index contributed by atoms with van der Waals surface area (Å²) in [6.45, 7) is 5.22. The number of anilines is 1. The number of carbonyl (C=O) groups is 2. The van der Waals surface area contributed by atoms with E-state index in [1.807, 2.05) is 13.8 Å². The molecule has 0 aliphatic rings. The molecular weight excluding hydrogens is 384 g/mol. The summed E-state index contributed by atoms with van der Waals surface area (Å²) in [5, 5.41) is 7.55. The number of nitrogens with two attached hydrogens (primary N) is 1. The first kappa shape index (κ1) is 21.4. The summed E-state index contributed by atoms with van der Waals surface area (Å²) in [4.78, 5) is 24.3. The Labute approximate surface area is 163 Å². The van der Waals surface area contributed by atoms with Crippen molar-refractivity contribution in [2.45, 2.75) is 37.9 Å². The van der Waals surface area contributed by atoms with E-state index in [1.165, 1.54) is 31.2 Å². The molecule has 150 valence electrons. The number of sulfonamides is 1. The Morgan fingerprint density at radius 1 is 0.964 bits per heavy atom. The highest BCUT2D eigenvalue weighted by Gasteiger charge is 2.19. The standard InChI is InChI=1S/C19H22N2O6S/c1-12(2)26-16-8-4-14(5-9-16)19(23)27-13(3)18(22)21-15-6-10-17(11-7-15)28(20,24)25/h4-13H,1-3H3,(H,21,22)(H2,20,24,25)/t13-/m0/s1. The average molecular weight is 406 g/mol. The molecule has 3 N–H and O–H groups in total. The average Bonchev–Trinajstić information content (AvgIpc) is 2.61. The van der Waals surface area contributed by atoms with Crippen LogP contribution < -0.4 is 15.2 Å². The lowest BCUT2D eigenvalue weighted by atomic mass is 10.2. The zero-order valence-electron chi connectivity index (χ0n) is 15.7. The Hall–Kier alpha value is -2.91. The van der Waals surface area contributed by atoms with E-state index in [0.29, 0.717) is 11.4 Å². The quantitative estimate of drug-likeness (QED) is 0.680. The third kappa shape index (κ3) is 6.07.